The number of benzene rings is 1. The van der Waals surface area contributed by atoms with Crippen LogP contribution in [0.1, 0.15) is 36.7 Å². The van der Waals surface area contributed by atoms with Gasteiger partial charge in [0.15, 0.2) is 11.6 Å². The molecule has 40 heavy (non-hydrogen) atoms. The average Bonchev–Trinajstić information content (AvgIpc) is 3.57. The van der Waals surface area contributed by atoms with Gasteiger partial charge >= 0.3 is 0 Å². The van der Waals surface area contributed by atoms with Crippen LogP contribution >= 0.6 is 0 Å². The van der Waals surface area contributed by atoms with E-state index >= 15 is 4.39 Å². The maximum absolute atomic E-state index is 15.0. The fraction of sp³-hybridized carbons (Fsp3) is 0.429. The highest BCUT2D eigenvalue weighted by Gasteiger charge is 2.38. The Morgan fingerprint density at radius 1 is 0.975 bits per heavy atom. The zero-order valence-electron chi connectivity index (χ0n) is 21.9. The highest BCUT2D eigenvalue weighted by Crippen LogP contribution is 2.37. The standard InChI is InChI=1S/C28H28F4N8/c1-38-13-17-3-4-18(14-38)39(17)12-15-2-6-23(33-10-15)35-28-34-11-20(30)25(37-28)16-8-19(29)26-22(9-16)40-21(27(31)32)5-7-24(40)36-26/h2,6,8-11,17-18,21,27H,3-5,7,12-14H2,1H3,(H,33,34,35,37). The Hall–Kier alpha value is -3.64. The largest absolute Gasteiger partial charge is 0.319 e. The smallest absolute Gasteiger partial charge is 0.259 e. The van der Waals surface area contributed by atoms with Gasteiger partial charge in [0.1, 0.15) is 22.9 Å². The van der Waals surface area contributed by atoms with Crippen LogP contribution in [-0.2, 0) is 13.0 Å². The van der Waals surface area contributed by atoms with E-state index in [9.17, 15) is 13.2 Å². The predicted octanol–water partition coefficient (Wildman–Crippen LogP) is 4.94. The molecule has 0 spiro atoms. The van der Waals surface area contributed by atoms with Crippen molar-refractivity contribution in [3.8, 4) is 11.3 Å². The van der Waals surface area contributed by atoms with Gasteiger partial charge in [0.2, 0.25) is 5.95 Å². The Bertz CT molecular complexity index is 1560. The molecule has 3 aromatic heterocycles. The minimum absolute atomic E-state index is 0.00853. The van der Waals surface area contributed by atoms with E-state index in [0.29, 0.717) is 30.1 Å². The van der Waals surface area contributed by atoms with Crippen molar-refractivity contribution >= 4 is 22.8 Å². The molecular formula is C28H28F4N8. The number of hydrogen-bond donors (Lipinski definition) is 1. The SMILES string of the molecule is CN1CC2CCC(C1)N2Cc1ccc(Nc2ncc(F)c(-c3cc(F)c4nc5n(c4c3)C(C(F)F)CC5)n2)nc1. The molecule has 2 saturated heterocycles. The molecule has 0 aliphatic carbocycles. The zero-order chi connectivity index (χ0) is 27.5. The molecule has 2 fully saturated rings. The van der Waals surface area contributed by atoms with Crippen LogP contribution in [0.15, 0.2) is 36.7 Å². The van der Waals surface area contributed by atoms with E-state index in [4.69, 9.17) is 0 Å². The molecule has 3 aliphatic rings. The zero-order valence-corrected chi connectivity index (χ0v) is 21.9. The number of hydrogen-bond acceptors (Lipinski definition) is 7. The molecule has 3 aliphatic heterocycles. The third-order valence-corrected chi connectivity index (χ3v) is 8.37. The van der Waals surface area contributed by atoms with Gasteiger partial charge < -0.3 is 14.8 Å². The van der Waals surface area contributed by atoms with E-state index in [2.05, 4.69) is 42.1 Å². The van der Waals surface area contributed by atoms with Gasteiger partial charge in [-0.2, -0.15) is 0 Å². The molecule has 1 N–H and O–H groups in total. The first-order valence-electron chi connectivity index (χ1n) is 13.5. The lowest BCUT2D eigenvalue weighted by Crippen LogP contribution is -2.51. The highest BCUT2D eigenvalue weighted by atomic mass is 19.3. The van der Waals surface area contributed by atoms with Gasteiger partial charge in [0, 0.05) is 49.9 Å². The molecule has 208 valence electrons. The van der Waals surface area contributed by atoms with Crippen LogP contribution in [0.25, 0.3) is 22.3 Å². The summed E-state index contributed by atoms with van der Waals surface area (Å²) in [4.78, 5) is 22.0. The van der Waals surface area contributed by atoms with E-state index in [1.54, 1.807) is 0 Å². The maximum atomic E-state index is 15.0. The monoisotopic (exact) mass is 552 g/mol. The topological polar surface area (TPSA) is 75.0 Å². The number of anilines is 2. The number of nitrogens with zero attached hydrogens (tertiary/aromatic N) is 7. The van der Waals surface area contributed by atoms with Crippen molar-refractivity contribution in [2.45, 2.75) is 56.8 Å². The van der Waals surface area contributed by atoms with Gasteiger partial charge in [-0.3, -0.25) is 4.90 Å². The summed E-state index contributed by atoms with van der Waals surface area (Å²) in [7, 11) is 2.18. The number of halogens is 4. The number of pyridine rings is 1. The molecule has 3 unspecified atom stereocenters. The number of alkyl halides is 2. The molecule has 1 aromatic carbocycles. The fourth-order valence-corrected chi connectivity index (χ4v) is 6.54. The van der Waals surface area contributed by atoms with Crippen LogP contribution in [0.2, 0.25) is 0 Å². The Morgan fingerprint density at radius 2 is 1.77 bits per heavy atom. The van der Waals surface area contributed by atoms with Gasteiger partial charge in [-0.25, -0.2) is 37.5 Å². The van der Waals surface area contributed by atoms with Crippen LogP contribution in [0.5, 0.6) is 0 Å². The van der Waals surface area contributed by atoms with Crippen LogP contribution in [0.4, 0.5) is 29.3 Å². The molecule has 0 amide bonds. The van der Waals surface area contributed by atoms with Gasteiger partial charge in [0.25, 0.3) is 6.43 Å². The lowest BCUT2D eigenvalue weighted by Gasteiger charge is -2.39. The van der Waals surface area contributed by atoms with E-state index in [0.717, 1.165) is 37.5 Å². The second-order valence-electron chi connectivity index (χ2n) is 11.0. The van der Waals surface area contributed by atoms with Crippen molar-refractivity contribution < 1.29 is 17.6 Å². The average molecular weight is 553 g/mol. The van der Waals surface area contributed by atoms with Crippen molar-refractivity contribution in [1.29, 1.82) is 0 Å². The van der Waals surface area contributed by atoms with Crippen molar-refractivity contribution in [1.82, 2.24) is 34.3 Å². The lowest BCUT2D eigenvalue weighted by atomic mass is 10.1. The Morgan fingerprint density at radius 3 is 2.50 bits per heavy atom. The molecule has 3 atom stereocenters. The summed E-state index contributed by atoms with van der Waals surface area (Å²) < 4.78 is 58.5. The summed E-state index contributed by atoms with van der Waals surface area (Å²) >= 11 is 0. The number of nitrogens with one attached hydrogen (secondary N) is 1. The second-order valence-corrected chi connectivity index (χ2v) is 11.0. The number of imidazole rings is 1. The third kappa shape index (κ3) is 4.39. The number of likely N-dealkylation sites (N-methyl/N-ethyl adjacent to an activating group) is 1. The van der Waals surface area contributed by atoms with E-state index in [1.165, 1.54) is 23.5 Å². The fourth-order valence-electron chi connectivity index (χ4n) is 6.54. The highest BCUT2D eigenvalue weighted by molar-refractivity contribution is 5.83. The van der Waals surface area contributed by atoms with Gasteiger partial charge in [-0.05, 0) is 50.1 Å². The van der Waals surface area contributed by atoms with Gasteiger partial charge in [-0.1, -0.05) is 6.07 Å². The molecule has 6 heterocycles. The molecular weight excluding hydrogens is 524 g/mol. The molecule has 4 aromatic rings. The summed E-state index contributed by atoms with van der Waals surface area (Å²) in [5, 5.41) is 2.99. The number of piperazine rings is 1. The molecule has 0 radical (unpaired) electrons. The van der Waals surface area contributed by atoms with Gasteiger partial charge in [-0.15, -0.1) is 0 Å². The first-order valence-corrected chi connectivity index (χ1v) is 13.5. The van der Waals surface area contributed by atoms with Gasteiger partial charge in [0.05, 0.1) is 17.8 Å². The van der Waals surface area contributed by atoms with Crippen molar-refractivity contribution in [3.63, 3.8) is 0 Å². The summed E-state index contributed by atoms with van der Waals surface area (Å²) in [6, 6.07) is 6.46. The molecule has 2 bridgehead atoms. The minimum atomic E-state index is -2.62. The third-order valence-electron chi connectivity index (χ3n) is 8.37. The molecule has 12 heteroatoms. The normalized spacial score (nSPS) is 22.9. The van der Waals surface area contributed by atoms with Crippen LogP contribution in [-0.4, -0.2) is 72.9 Å². The van der Waals surface area contributed by atoms with E-state index < -0.39 is 24.1 Å². The quantitative estimate of drug-likeness (QED) is 0.340. The Kier molecular flexibility index (Phi) is 6.19. The van der Waals surface area contributed by atoms with E-state index in [1.807, 2.05) is 18.3 Å². The Labute approximate surface area is 228 Å². The van der Waals surface area contributed by atoms with Crippen molar-refractivity contribution in [3.05, 3.63) is 59.7 Å². The maximum Gasteiger partial charge on any atom is 0.259 e. The minimum Gasteiger partial charge on any atom is -0.319 e. The van der Waals surface area contributed by atoms with E-state index in [-0.39, 0.29) is 34.7 Å². The molecule has 8 nitrogen and oxygen atoms in total. The number of aromatic nitrogens is 5. The van der Waals surface area contributed by atoms with Crippen LogP contribution < -0.4 is 5.32 Å². The van der Waals surface area contributed by atoms with Crippen molar-refractivity contribution in [2.75, 3.05) is 25.5 Å². The Balaban J connectivity index is 1.13. The summed E-state index contributed by atoms with van der Waals surface area (Å²) in [6.45, 7) is 3.01. The second kappa shape index (κ2) is 9.77. The number of fused-ring (bicyclic) bond motifs is 5. The van der Waals surface area contributed by atoms with Crippen molar-refractivity contribution in [2.24, 2.45) is 0 Å². The number of rotatable bonds is 6. The number of aryl methyl sites for hydroxylation is 1. The first kappa shape index (κ1) is 25.3. The predicted molar refractivity (Wildman–Crippen MR) is 141 cm³/mol. The molecule has 7 rings (SSSR count). The lowest BCUT2D eigenvalue weighted by molar-refractivity contribution is 0.0759. The summed E-state index contributed by atoms with van der Waals surface area (Å²) in [5.41, 5.74) is 1.26. The van der Waals surface area contributed by atoms with Crippen LogP contribution in [0, 0.1) is 11.6 Å². The first-order chi connectivity index (χ1) is 19.3. The van der Waals surface area contributed by atoms with Crippen LogP contribution in [0.3, 0.4) is 0 Å². The number of likely N-dealkylation sites (tertiary alicyclic amines) is 1. The molecule has 0 saturated carbocycles. The summed E-state index contributed by atoms with van der Waals surface area (Å²) in [5.74, 6) is -0.519. The summed E-state index contributed by atoms with van der Waals surface area (Å²) in [6.07, 6.45) is 3.18.